The topological polar surface area (TPSA) is 36.7 Å². The third-order valence-corrected chi connectivity index (χ3v) is 7.16. The highest BCUT2D eigenvalue weighted by Gasteiger charge is 2.38. The van der Waals surface area contributed by atoms with Crippen LogP contribution >= 0.6 is 0 Å². The molecule has 8 heteroatoms. The number of carbonyl (C=O) groups excluding carboxylic acids is 1. The first kappa shape index (κ1) is 26.9. The molecule has 1 fully saturated rings. The standard InChI is InChI=1S/C29H32F4N2O2/c1-18(2)35(28(36)21-8-10-25(30)11-9-21)15-23-14-34(16-26-12-19(3)20(4)37-26)17-27(23)22-6-5-7-24(13-22)29(31,32)33/h5-13,18,23,27H,14-17H2,1-4H3. The molecule has 4 rings (SSSR count). The zero-order valence-corrected chi connectivity index (χ0v) is 21.5. The van der Waals surface area contributed by atoms with Crippen LogP contribution in [-0.4, -0.2) is 41.4 Å². The Kier molecular flexibility index (Phi) is 7.78. The molecule has 198 valence electrons. The number of hydrogen-bond acceptors (Lipinski definition) is 3. The number of hydrogen-bond donors (Lipinski definition) is 0. The van der Waals surface area contributed by atoms with Gasteiger partial charge in [0.25, 0.3) is 5.91 Å². The highest BCUT2D eigenvalue weighted by Crippen LogP contribution is 2.38. The average molecular weight is 517 g/mol. The Balaban J connectivity index is 1.63. The van der Waals surface area contributed by atoms with Crippen LogP contribution in [0.3, 0.4) is 0 Å². The van der Waals surface area contributed by atoms with E-state index in [-0.39, 0.29) is 23.8 Å². The van der Waals surface area contributed by atoms with E-state index in [4.69, 9.17) is 4.42 Å². The molecule has 0 radical (unpaired) electrons. The van der Waals surface area contributed by atoms with Crippen LogP contribution in [0.1, 0.15) is 58.3 Å². The van der Waals surface area contributed by atoms with Gasteiger partial charge in [0.2, 0.25) is 0 Å². The summed E-state index contributed by atoms with van der Waals surface area (Å²) in [7, 11) is 0. The van der Waals surface area contributed by atoms with Gasteiger partial charge in [-0.1, -0.05) is 18.2 Å². The molecule has 3 aromatic rings. The van der Waals surface area contributed by atoms with Crippen LogP contribution in [-0.2, 0) is 12.7 Å². The van der Waals surface area contributed by atoms with Crippen LogP contribution in [0, 0.1) is 25.6 Å². The van der Waals surface area contributed by atoms with Gasteiger partial charge < -0.3 is 9.32 Å². The van der Waals surface area contributed by atoms with Gasteiger partial charge in [0.1, 0.15) is 17.3 Å². The second kappa shape index (κ2) is 10.7. The fraction of sp³-hybridized carbons (Fsp3) is 0.414. The van der Waals surface area contributed by atoms with Crippen molar-refractivity contribution in [2.45, 2.75) is 52.4 Å². The summed E-state index contributed by atoms with van der Waals surface area (Å²) in [6.45, 7) is 9.72. The van der Waals surface area contributed by atoms with Crippen LogP contribution in [0.4, 0.5) is 17.6 Å². The Morgan fingerprint density at radius 2 is 1.78 bits per heavy atom. The molecule has 2 aromatic carbocycles. The van der Waals surface area contributed by atoms with Gasteiger partial charge in [0.15, 0.2) is 0 Å². The molecule has 0 aliphatic carbocycles. The van der Waals surface area contributed by atoms with Crippen molar-refractivity contribution in [1.82, 2.24) is 9.80 Å². The van der Waals surface area contributed by atoms with Crippen LogP contribution < -0.4 is 0 Å². The van der Waals surface area contributed by atoms with E-state index in [0.29, 0.717) is 37.3 Å². The van der Waals surface area contributed by atoms with E-state index in [1.807, 2.05) is 33.8 Å². The number of amides is 1. The zero-order chi connectivity index (χ0) is 26.9. The summed E-state index contributed by atoms with van der Waals surface area (Å²) in [5.74, 6) is 0.687. The molecule has 1 amide bonds. The number of carbonyl (C=O) groups is 1. The van der Waals surface area contributed by atoms with Gasteiger partial charge in [0.05, 0.1) is 12.1 Å². The summed E-state index contributed by atoms with van der Waals surface area (Å²) < 4.78 is 59.8. The summed E-state index contributed by atoms with van der Waals surface area (Å²) in [6.07, 6.45) is -4.43. The average Bonchev–Trinajstić information content (AvgIpc) is 3.38. The minimum atomic E-state index is -4.43. The fourth-order valence-corrected chi connectivity index (χ4v) is 5.09. The fourth-order valence-electron chi connectivity index (χ4n) is 5.09. The maximum Gasteiger partial charge on any atom is 0.416 e. The minimum Gasteiger partial charge on any atom is -0.465 e. The van der Waals surface area contributed by atoms with Gasteiger partial charge in [-0.3, -0.25) is 9.69 Å². The van der Waals surface area contributed by atoms with Gasteiger partial charge in [-0.25, -0.2) is 4.39 Å². The van der Waals surface area contributed by atoms with Gasteiger partial charge in [-0.15, -0.1) is 0 Å². The molecular formula is C29H32F4N2O2. The third-order valence-electron chi connectivity index (χ3n) is 7.16. The van der Waals surface area contributed by atoms with Crippen LogP contribution in [0.25, 0.3) is 0 Å². The van der Waals surface area contributed by atoms with Crippen molar-refractivity contribution in [3.05, 3.63) is 94.2 Å². The molecule has 1 aliphatic heterocycles. The number of halogens is 4. The van der Waals surface area contributed by atoms with Crippen molar-refractivity contribution in [1.29, 1.82) is 0 Å². The van der Waals surface area contributed by atoms with Gasteiger partial charge in [-0.2, -0.15) is 13.2 Å². The number of rotatable bonds is 7. The summed E-state index contributed by atoms with van der Waals surface area (Å²) in [5.41, 5.74) is 1.35. The highest BCUT2D eigenvalue weighted by atomic mass is 19.4. The quantitative estimate of drug-likeness (QED) is 0.323. The van der Waals surface area contributed by atoms with Crippen molar-refractivity contribution < 1.29 is 26.8 Å². The Labute approximate surface area is 214 Å². The van der Waals surface area contributed by atoms with Crippen LogP contribution in [0.15, 0.2) is 59.0 Å². The maximum atomic E-state index is 13.5. The van der Waals surface area contributed by atoms with E-state index in [1.54, 1.807) is 11.0 Å². The SMILES string of the molecule is Cc1cc(CN2CC(CN(C(=O)c3ccc(F)cc3)C(C)C)C(c3cccc(C(F)(F)F)c3)C2)oc1C. The number of aryl methyl sites for hydroxylation is 2. The smallest absolute Gasteiger partial charge is 0.416 e. The Hall–Kier alpha value is -3.13. The number of nitrogens with zero attached hydrogens (tertiary/aromatic N) is 2. The Bertz CT molecular complexity index is 1210. The van der Waals surface area contributed by atoms with Gasteiger partial charge >= 0.3 is 6.18 Å². The van der Waals surface area contributed by atoms with Gasteiger partial charge in [-0.05, 0) is 81.1 Å². The first-order valence-electron chi connectivity index (χ1n) is 12.4. The lowest BCUT2D eigenvalue weighted by Crippen LogP contribution is -2.42. The van der Waals surface area contributed by atoms with Gasteiger partial charge in [0, 0.05) is 37.2 Å². The lowest BCUT2D eigenvalue weighted by Gasteiger charge is -2.32. The second-order valence-electron chi connectivity index (χ2n) is 10.2. The number of alkyl halides is 3. The lowest BCUT2D eigenvalue weighted by molar-refractivity contribution is -0.137. The molecule has 0 spiro atoms. The number of benzene rings is 2. The second-order valence-corrected chi connectivity index (χ2v) is 10.2. The van der Waals surface area contributed by atoms with E-state index in [0.717, 1.165) is 23.2 Å². The molecular weight excluding hydrogens is 484 g/mol. The van der Waals surface area contributed by atoms with E-state index in [9.17, 15) is 22.4 Å². The summed E-state index contributed by atoms with van der Waals surface area (Å²) in [5, 5.41) is 0. The van der Waals surface area contributed by atoms with Crippen LogP contribution in [0.5, 0.6) is 0 Å². The zero-order valence-electron chi connectivity index (χ0n) is 21.5. The molecule has 0 bridgehead atoms. The van der Waals surface area contributed by atoms with Crippen molar-refractivity contribution in [3.8, 4) is 0 Å². The third kappa shape index (κ3) is 6.24. The first-order valence-corrected chi connectivity index (χ1v) is 12.4. The molecule has 2 atom stereocenters. The first-order chi connectivity index (χ1) is 17.4. The predicted octanol–water partition coefficient (Wildman–Crippen LogP) is 6.82. The van der Waals surface area contributed by atoms with Crippen molar-refractivity contribution >= 4 is 5.91 Å². The molecule has 2 heterocycles. The lowest BCUT2D eigenvalue weighted by atomic mass is 9.87. The highest BCUT2D eigenvalue weighted by molar-refractivity contribution is 5.94. The van der Waals surface area contributed by atoms with E-state index >= 15 is 0 Å². The number of furan rings is 1. The summed E-state index contributed by atoms with van der Waals surface area (Å²) in [6, 6.07) is 12.7. The van der Waals surface area contributed by atoms with Crippen molar-refractivity contribution in [2.75, 3.05) is 19.6 Å². The Morgan fingerprint density at radius 1 is 1.08 bits per heavy atom. The largest absolute Gasteiger partial charge is 0.465 e. The van der Waals surface area contributed by atoms with E-state index in [1.165, 1.54) is 36.4 Å². The maximum absolute atomic E-state index is 13.5. The van der Waals surface area contributed by atoms with E-state index < -0.39 is 17.6 Å². The van der Waals surface area contributed by atoms with Crippen molar-refractivity contribution in [3.63, 3.8) is 0 Å². The number of likely N-dealkylation sites (tertiary alicyclic amines) is 1. The molecule has 2 unspecified atom stereocenters. The molecule has 1 saturated heterocycles. The summed E-state index contributed by atoms with van der Waals surface area (Å²) in [4.78, 5) is 17.3. The predicted molar refractivity (Wildman–Crippen MR) is 134 cm³/mol. The van der Waals surface area contributed by atoms with E-state index in [2.05, 4.69) is 4.90 Å². The molecule has 0 N–H and O–H groups in total. The monoisotopic (exact) mass is 516 g/mol. The molecule has 1 aromatic heterocycles. The van der Waals surface area contributed by atoms with Crippen molar-refractivity contribution in [2.24, 2.45) is 5.92 Å². The molecule has 0 saturated carbocycles. The normalized spacial score (nSPS) is 18.5. The molecule has 37 heavy (non-hydrogen) atoms. The Morgan fingerprint density at radius 3 is 2.38 bits per heavy atom. The molecule has 4 nitrogen and oxygen atoms in total. The minimum absolute atomic E-state index is 0.104. The molecule has 1 aliphatic rings. The van der Waals surface area contributed by atoms with Crippen LogP contribution in [0.2, 0.25) is 0 Å². The summed E-state index contributed by atoms with van der Waals surface area (Å²) >= 11 is 0.